The van der Waals surface area contributed by atoms with Crippen LogP contribution >= 0.6 is 31.9 Å². The number of amides is 3. The number of esters is 2. The first-order valence-electron chi connectivity index (χ1n) is 11.1. The predicted molar refractivity (Wildman–Crippen MR) is 130 cm³/mol. The molecule has 3 rings (SSSR count). The second kappa shape index (κ2) is 11.9. The molecule has 0 aromatic heterocycles. The Morgan fingerprint density at radius 2 is 1.59 bits per heavy atom. The van der Waals surface area contributed by atoms with Crippen molar-refractivity contribution in [2.75, 3.05) is 25.1 Å². The second-order valence-electron chi connectivity index (χ2n) is 8.25. The summed E-state index contributed by atoms with van der Waals surface area (Å²) >= 11 is 7.02. The van der Waals surface area contributed by atoms with Gasteiger partial charge in [-0.1, -0.05) is 45.2 Å². The first kappa shape index (κ1) is 26.3. The van der Waals surface area contributed by atoms with E-state index in [-0.39, 0.29) is 21.5 Å². The molecule has 184 valence electrons. The average molecular weight is 602 g/mol. The van der Waals surface area contributed by atoms with Crippen LogP contribution in [0.1, 0.15) is 43.0 Å². The third-order valence-corrected chi connectivity index (χ3v) is 8.52. The molecular formula is C23H26Br2N2O7. The van der Waals surface area contributed by atoms with Crippen LogP contribution in [-0.2, 0) is 28.7 Å². The molecule has 1 saturated carbocycles. The summed E-state index contributed by atoms with van der Waals surface area (Å²) < 4.78 is 10.1. The summed E-state index contributed by atoms with van der Waals surface area (Å²) in [4.78, 5) is 62.5. The number of hydrogen-bond donors (Lipinski definition) is 1. The number of nitrogens with one attached hydrogen (secondary N) is 1. The Hall–Kier alpha value is -2.27. The van der Waals surface area contributed by atoms with Gasteiger partial charge >= 0.3 is 11.9 Å². The van der Waals surface area contributed by atoms with Crippen molar-refractivity contribution in [1.82, 2.24) is 4.90 Å². The fraction of sp³-hybridized carbons (Fsp3) is 0.522. The molecule has 1 aliphatic heterocycles. The highest BCUT2D eigenvalue weighted by atomic mass is 79.9. The molecule has 0 radical (unpaired) electrons. The van der Waals surface area contributed by atoms with Gasteiger partial charge in [0.15, 0.2) is 6.61 Å². The lowest BCUT2D eigenvalue weighted by Gasteiger charge is -2.29. The van der Waals surface area contributed by atoms with Gasteiger partial charge in [-0.05, 0) is 43.5 Å². The van der Waals surface area contributed by atoms with Crippen molar-refractivity contribution in [3.63, 3.8) is 0 Å². The number of fused-ring (bicyclic) bond motifs is 1. The van der Waals surface area contributed by atoms with E-state index in [2.05, 4.69) is 37.2 Å². The van der Waals surface area contributed by atoms with Crippen LogP contribution in [-0.4, -0.2) is 64.0 Å². The molecule has 1 saturated heterocycles. The molecule has 1 N–H and O–H groups in total. The van der Waals surface area contributed by atoms with Crippen LogP contribution in [0.4, 0.5) is 5.69 Å². The highest BCUT2D eigenvalue weighted by Gasteiger charge is 2.52. The largest absolute Gasteiger partial charge is 0.462 e. The van der Waals surface area contributed by atoms with Crippen molar-refractivity contribution >= 4 is 67.2 Å². The molecule has 2 fully saturated rings. The Labute approximate surface area is 214 Å². The van der Waals surface area contributed by atoms with Gasteiger partial charge in [-0.2, -0.15) is 0 Å². The summed E-state index contributed by atoms with van der Waals surface area (Å²) in [6.45, 7) is 1.25. The monoisotopic (exact) mass is 600 g/mol. The quantitative estimate of drug-likeness (QED) is 0.200. The fourth-order valence-electron chi connectivity index (χ4n) is 3.92. The Morgan fingerprint density at radius 1 is 1.00 bits per heavy atom. The third kappa shape index (κ3) is 6.44. The van der Waals surface area contributed by atoms with Gasteiger partial charge in [0.1, 0.15) is 6.54 Å². The van der Waals surface area contributed by atoms with Gasteiger partial charge in [0.2, 0.25) is 11.8 Å². The number of nitrogens with zero attached hydrogens (tertiary/aromatic N) is 1. The number of benzene rings is 1. The number of carbonyl (C=O) groups is 5. The molecule has 1 aromatic carbocycles. The van der Waals surface area contributed by atoms with Gasteiger partial charge in [0, 0.05) is 15.3 Å². The maximum absolute atomic E-state index is 12.6. The lowest BCUT2D eigenvalue weighted by atomic mass is 9.81. The minimum Gasteiger partial charge on any atom is -0.462 e. The maximum atomic E-state index is 12.6. The molecule has 11 heteroatoms. The topological polar surface area (TPSA) is 119 Å². The summed E-state index contributed by atoms with van der Waals surface area (Å²) in [6, 6.07) is 6.12. The summed E-state index contributed by atoms with van der Waals surface area (Å²) in [7, 11) is 0. The third-order valence-electron chi connectivity index (χ3n) is 5.79. The zero-order chi connectivity index (χ0) is 24.8. The molecule has 1 aromatic rings. The summed E-state index contributed by atoms with van der Waals surface area (Å²) in [5.41, 5.74) is 0.771. The Balaban J connectivity index is 1.44. The van der Waals surface area contributed by atoms with Crippen molar-refractivity contribution in [3.8, 4) is 0 Å². The summed E-state index contributed by atoms with van der Waals surface area (Å²) in [6.07, 6.45) is 2.72. The molecule has 34 heavy (non-hydrogen) atoms. The second-order valence-corrected chi connectivity index (χ2v) is 10.6. The van der Waals surface area contributed by atoms with E-state index in [1.165, 1.54) is 24.3 Å². The number of unbranched alkanes of at least 4 members (excludes halogenated alkanes) is 1. The Bertz CT molecular complexity index is 925. The van der Waals surface area contributed by atoms with Crippen molar-refractivity contribution < 1.29 is 33.4 Å². The van der Waals surface area contributed by atoms with Gasteiger partial charge in [0.25, 0.3) is 5.91 Å². The van der Waals surface area contributed by atoms with E-state index >= 15 is 0 Å². The number of imide groups is 1. The van der Waals surface area contributed by atoms with E-state index < -0.39 is 42.8 Å². The van der Waals surface area contributed by atoms with Crippen LogP contribution in [0, 0.1) is 11.8 Å². The SMILES string of the molecule is CCCCOC(=O)c1ccc(NC(=O)COC(=O)CN2C(=O)[C@H]3C[C@H](Br)[C@@H](Br)C[C@H]3C2=O)cc1. The minimum absolute atomic E-state index is 0.0712. The van der Waals surface area contributed by atoms with E-state index in [0.717, 1.165) is 17.7 Å². The summed E-state index contributed by atoms with van der Waals surface area (Å²) in [5, 5.41) is 2.55. The average Bonchev–Trinajstić information content (AvgIpc) is 3.02. The number of hydrogen-bond acceptors (Lipinski definition) is 7. The minimum atomic E-state index is -0.841. The molecule has 2 aliphatic rings. The lowest BCUT2D eigenvalue weighted by molar-refractivity contribution is -0.154. The number of ether oxygens (including phenoxy) is 2. The first-order valence-corrected chi connectivity index (χ1v) is 12.9. The van der Waals surface area contributed by atoms with E-state index in [4.69, 9.17) is 9.47 Å². The van der Waals surface area contributed by atoms with Crippen LogP contribution in [0.5, 0.6) is 0 Å². The summed E-state index contributed by atoms with van der Waals surface area (Å²) in [5.74, 6) is -3.54. The molecule has 0 unspecified atom stereocenters. The number of carbonyl (C=O) groups excluding carboxylic acids is 5. The van der Waals surface area contributed by atoms with E-state index in [1.54, 1.807) is 0 Å². The lowest BCUT2D eigenvalue weighted by Crippen LogP contribution is -2.37. The van der Waals surface area contributed by atoms with Gasteiger partial charge in [0.05, 0.1) is 24.0 Å². The first-order chi connectivity index (χ1) is 16.2. The predicted octanol–water partition coefficient (Wildman–Crippen LogP) is 3.05. The van der Waals surface area contributed by atoms with Crippen LogP contribution in [0.3, 0.4) is 0 Å². The molecule has 1 aliphatic carbocycles. The highest BCUT2D eigenvalue weighted by Crippen LogP contribution is 2.43. The van der Waals surface area contributed by atoms with Crippen LogP contribution in [0.15, 0.2) is 24.3 Å². The number of rotatable bonds is 9. The van der Waals surface area contributed by atoms with Gasteiger partial charge in [-0.25, -0.2) is 4.79 Å². The number of alkyl halides is 2. The normalized spacial score (nSPS) is 23.9. The maximum Gasteiger partial charge on any atom is 0.338 e. The Morgan fingerprint density at radius 3 is 2.15 bits per heavy atom. The van der Waals surface area contributed by atoms with Crippen LogP contribution in [0.2, 0.25) is 0 Å². The van der Waals surface area contributed by atoms with E-state index in [0.29, 0.717) is 30.7 Å². The highest BCUT2D eigenvalue weighted by molar-refractivity contribution is 9.12. The fourth-order valence-corrected chi connectivity index (χ4v) is 5.16. The molecule has 0 spiro atoms. The number of anilines is 1. The molecule has 0 bridgehead atoms. The zero-order valence-electron chi connectivity index (χ0n) is 18.6. The van der Waals surface area contributed by atoms with Gasteiger partial charge < -0.3 is 14.8 Å². The van der Waals surface area contributed by atoms with Crippen molar-refractivity contribution in [2.45, 2.75) is 42.3 Å². The number of likely N-dealkylation sites (tertiary alicyclic amines) is 1. The Kier molecular flexibility index (Phi) is 9.24. The van der Waals surface area contributed by atoms with E-state index in [9.17, 15) is 24.0 Å². The number of halogens is 2. The molecule has 1 heterocycles. The standard InChI is InChI=1S/C23H26Br2N2O7/c1-2-3-8-33-23(32)13-4-6-14(7-5-13)26-19(28)12-34-20(29)11-27-21(30)15-9-17(24)18(25)10-16(15)22(27)31/h4-7,15-18H,2-3,8-12H2,1H3,(H,26,28)/t15-,16+,17-,18-/m0/s1. The molecular weight excluding hydrogens is 576 g/mol. The van der Waals surface area contributed by atoms with Gasteiger partial charge in [-0.15, -0.1) is 0 Å². The zero-order valence-corrected chi connectivity index (χ0v) is 21.8. The molecule has 3 amide bonds. The van der Waals surface area contributed by atoms with Crippen LogP contribution in [0.25, 0.3) is 0 Å². The van der Waals surface area contributed by atoms with Crippen LogP contribution < -0.4 is 5.32 Å². The van der Waals surface area contributed by atoms with Gasteiger partial charge in [-0.3, -0.25) is 24.1 Å². The van der Waals surface area contributed by atoms with Crippen molar-refractivity contribution in [3.05, 3.63) is 29.8 Å². The van der Waals surface area contributed by atoms with E-state index in [1.807, 2.05) is 6.92 Å². The smallest absolute Gasteiger partial charge is 0.338 e. The van der Waals surface area contributed by atoms with Crippen molar-refractivity contribution in [2.24, 2.45) is 11.8 Å². The molecule has 4 atom stereocenters. The molecule has 9 nitrogen and oxygen atoms in total. The van der Waals surface area contributed by atoms with Crippen molar-refractivity contribution in [1.29, 1.82) is 0 Å².